The molecule has 3 aromatic rings. The maximum Gasteiger partial charge on any atom is 0.188 e. The molecule has 0 spiro atoms. The number of nitrogens with one attached hydrogen (secondary N) is 1. The number of aryl methyl sites for hydroxylation is 1. The van der Waals surface area contributed by atoms with Crippen LogP contribution in [-0.4, -0.2) is 4.98 Å². The van der Waals surface area contributed by atoms with Gasteiger partial charge in [-0.2, -0.15) is 0 Å². The van der Waals surface area contributed by atoms with Crippen LogP contribution >= 0.6 is 43.2 Å². The fourth-order valence-corrected chi connectivity index (χ4v) is 3.58. The lowest BCUT2D eigenvalue weighted by atomic mass is 10.2. The first-order chi connectivity index (χ1) is 9.11. The van der Waals surface area contributed by atoms with E-state index in [1.807, 2.05) is 18.2 Å². The average molecular weight is 398 g/mol. The molecular weight excluding hydrogens is 388 g/mol. The number of rotatable bonds is 2. The zero-order valence-electron chi connectivity index (χ0n) is 10.1. The Morgan fingerprint density at radius 1 is 1.11 bits per heavy atom. The van der Waals surface area contributed by atoms with Gasteiger partial charge in [-0.05, 0) is 58.7 Å². The maximum atomic E-state index is 4.59. The molecule has 0 aliphatic rings. The molecule has 0 atom stereocenters. The maximum absolute atomic E-state index is 4.59. The number of hydrogen-bond acceptors (Lipinski definition) is 3. The van der Waals surface area contributed by atoms with Crippen molar-refractivity contribution in [2.45, 2.75) is 6.92 Å². The highest BCUT2D eigenvalue weighted by Gasteiger charge is 2.06. The normalized spacial score (nSPS) is 10.9. The van der Waals surface area contributed by atoms with Crippen LogP contribution in [0.4, 0.5) is 10.8 Å². The minimum absolute atomic E-state index is 0.902. The molecule has 2 nitrogen and oxygen atoms in total. The van der Waals surface area contributed by atoms with Gasteiger partial charge in [0.2, 0.25) is 0 Å². The molecule has 96 valence electrons. The van der Waals surface area contributed by atoms with Crippen LogP contribution in [0.5, 0.6) is 0 Å². The molecule has 0 aliphatic carbocycles. The standard InChI is InChI=1S/C14H10Br2N2S/c1-8-2-4-10(16)12(6-8)18-14-17-11-5-3-9(15)7-13(11)19-14/h2-7H,1H3,(H,17,18). The smallest absolute Gasteiger partial charge is 0.188 e. The summed E-state index contributed by atoms with van der Waals surface area (Å²) in [6, 6.07) is 12.3. The van der Waals surface area contributed by atoms with Gasteiger partial charge in [0.15, 0.2) is 5.13 Å². The van der Waals surface area contributed by atoms with Gasteiger partial charge in [0, 0.05) is 8.95 Å². The molecule has 3 rings (SSSR count). The molecule has 0 fully saturated rings. The summed E-state index contributed by atoms with van der Waals surface area (Å²) < 4.78 is 3.28. The van der Waals surface area contributed by atoms with E-state index in [2.05, 4.69) is 67.3 Å². The van der Waals surface area contributed by atoms with Gasteiger partial charge in [0.05, 0.1) is 15.9 Å². The Labute approximate surface area is 132 Å². The highest BCUT2D eigenvalue weighted by atomic mass is 79.9. The third-order valence-electron chi connectivity index (χ3n) is 2.71. The summed E-state index contributed by atoms with van der Waals surface area (Å²) in [5, 5.41) is 4.27. The Kier molecular flexibility index (Phi) is 3.60. The largest absolute Gasteiger partial charge is 0.331 e. The first-order valence-corrected chi connectivity index (χ1v) is 8.11. The summed E-state index contributed by atoms with van der Waals surface area (Å²) in [5.41, 5.74) is 3.27. The summed E-state index contributed by atoms with van der Waals surface area (Å²) in [5.74, 6) is 0. The van der Waals surface area contributed by atoms with Crippen LogP contribution in [0.25, 0.3) is 10.2 Å². The van der Waals surface area contributed by atoms with Crippen molar-refractivity contribution in [1.29, 1.82) is 0 Å². The molecule has 1 heterocycles. The van der Waals surface area contributed by atoms with Crippen LogP contribution in [0.3, 0.4) is 0 Å². The van der Waals surface area contributed by atoms with Gasteiger partial charge in [-0.3, -0.25) is 0 Å². The van der Waals surface area contributed by atoms with E-state index in [9.17, 15) is 0 Å². The van der Waals surface area contributed by atoms with Crippen molar-refractivity contribution in [1.82, 2.24) is 4.98 Å². The summed E-state index contributed by atoms with van der Waals surface area (Å²) in [7, 11) is 0. The molecule has 0 radical (unpaired) electrons. The molecule has 0 unspecified atom stereocenters. The van der Waals surface area contributed by atoms with Crippen molar-refractivity contribution in [3.05, 3.63) is 50.9 Å². The molecule has 0 saturated heterocycles. The van der Waals surface area contributed by atoms with E-state index in [0.29, 0.717) is 0 Å². The second-order valence-electron chi connectivity index (χ2n) is 4.24. The Bertz CT molecular complexity index is 752. The van der Waals surface area contributed by atoms with E-state index < -0.39 is 0 Å². The quantitative estimate of drug-likeness (QED) is 0.584. The minimum Gasteiger partial charge on any atom is -0.331 e. The highest BCUT2D eigenvalue weighted by molar-refractivity contribution is 9.10. The fraction of sp³-hybridized carbons (Fsp3) is 0.0714. The number of benzene rings is 2. The van der Waals surface area contributed by atoms with Crippen molar-refractivity contribution in [2.75, 3.05) is 5.32 Å². The first kappa shape index (κ1) is 13.1. The first-order valence-electron chi connectivity index (χ1n) is 5.71. The fourth-order valence-electron chi connectivity index (χ4n) is 1.80. The lowest BCUT2D eigenvalue weighted by Gasteiger charge is -2.06. The van der Waals surface area contributed by atoms with Crippen LogP contribution < -0.4 is 5.32 Å². The van der Waals surface area contributed by atoms with E-state index in [-0.39, 0.29) is 0 Å². The molecule has 19 heavy (non-hydrogen) atoms. The number of nitrogens with zero attached hydrogens (tertiary/aromatic N) is 1. The minimum atomic E-state index is 0.902. The lowest BCUT2D eigenvalue weighted by Crippen LogP contribution is -1.90. The van der Waals surface area contributed by atoms with Crippen molar-refractivity contribution in [3.63, 3.8) is 0 Å². The average Bonchev–Trinajstić information content (AvgIpc) is 2.75. The molecule has 0 amide bonds. The number of aromatic nitrogens is 1. The van der Waals surface area contributed by atoms with Gasteiger partial charge in [-0.1, -0.05) is 33.3 Å². The zero-order chi connectivity index (χ0) is 13.4. The predicted octanol–water partition coefficient (Wildman–Crippen LogP) is 5.87. The van der Waals surface area contributed by atoms with Crippen LogP contribution in [0, 0.1) is 6.92 Å². The van der Waals surface area contributed by atoms with Crippen LogP contribution in [0.2, 0.25) is 0 Å². The van der Waals surface area contributed by atoms with Gasteiger partial charge in [-0.25, -0.2) is 4.98 Å². The molecular formula is C14H10Br2N2S. The number of anilines is 2. The molecule has 0 saturated carbocycles. The van der Waals surface area contributed by atoms with Crippen molar-refractivity contribution in [3.8, 4) is 0 Å². The Morgan fingerprint density at radius 2 is 1.95 bits per heavy atom. The molecule has 5 heteroatoms. The van der Waals surface area contributed by atoms with Crippen molar-refractivity contribution in [2.24, 2.45) is 0 Å². The van der Waals surface area contributed by atoms with Crippen LogP contribution in [-0.2, 0) is 0 Å². The van der Waals surface area contributed by atoms with Gasteiger partial charge >= 0.3 is 0 Å². The predicted molar refractivity (Wildman–Crippen MR) is 89.5 cm³/mol. The number of halogens is 2. The third-order valence-corrected chi connectivity index (χ3v) is 4.83. The summed E-state index contributed by atoms with van der Waals surface area (Å²) >= 11 is 8.68. The van der Waals surface area contributed by atoms with E-state index in [1.54, 1.807) is 11.3 Å². The van der Waals surface area contributed by atoms with Crippen molar-refractivity contribution >= 4 is 64.2 Å². The van der Waals surface area contributed by atoms with Crippen molar-refractivity contribution < 1.29 is 0 Å². The number of fused-ring (bicyclic) bond motifs is 1. The van der Waals surface area contributed by atoms with Gasteiger partial charge in [0.25, 0.3) is 0 Å². The van der Waals surface area contributed by atoms with Gasteiger partial charge in [0.1, 0.15) is 0 Å². The topological polar surface area (TPSA) is 24.9 Å². The Hall–Kier alpha value is -0.910. The Balaban J connectivity index is 1.98. The summed E-state index contributed by atoms with van der Waals surface area (Å²) in [6.07, 6.45) is 0. The zero-order valence-corrected chi connectivity index (χ0v) is 14.1. The van der Waals surface area contributed by atoms with E-state index >= 15 is 0 Å². The molecule has 1 aromatic heterocycles. The molecule has 0 bridgehead atoms. The monoisotopic (exact) mass is 396 g/mol. The number of thiazole rings is 1. The lowest BCUT2D eigenvalue weighted by molar-refractivity contribution is 1.40. The van der Waals surface area contributed by atoms with E-state index in [0.717, 1.165) is 25.3 Å². The van der Waals surface area contributed by atoms with E-state index in [4.69, 9.17) is 0 Å². The highest BCUT2D eigenvalue weighted by Crippen LogP contribution is 2.32. The van der Waals surface area contributed by atoms with Gasteiger partial charge < -0.3 is 5.32 Å². The van der Waals surface area contributed by atoms with Gasteiger partial charge in [-0.15, -0.1) is 0 Å². The summed E-state index contributed by atoms with van der Waals surface area (Å²) in [6.45, 7) is 2.08. The second kappa shape index (κ2) is 5.23. The molecule has 1 N–H and O–H groups in total. The van der Waals surface area contributed by atoms with Crippen LogP contribution in [0.1, 0.15) is 5.56 Å². The molecule has 2 aromatic carbocycles. The third kappa shape index (κ3) is 2.83. The summed E-state index contributed by atoms with van der Waals surface area (Å²) in [4.78, 5) is 4.59. The Morgan fingerprint density at radius 3 is 2.79 bits per heavy atom. The second-order valence-corrected chi connectivity index (χ2v) is 7.04. The van der Waals surface area contributed by atoms with E-state index in [1.165, 1.54) is 10.3 Å². The molecule has 0 aliphatic heterocycles. The number of hydrogen-bond donors (Lipinski definition) is 1. The van der Waals surface area contributed by atoms with Crippen LogP contribution in [0.15, 0.2) is 45.3 Å². The SMILES string of the molecule is Cc1ccc(Br)c(Nc2nc3ccc(Br)cc3s2)c1.